The summed E-state index contributed by atoms with van der Waals surface area (Å²) < 4.78 is 26.9. The Balaban J connectivity index is 2.66. The van der Waals surface area contributed by atoms with Gasteiger partial charge in [-0.15, -0.1) is 0 Å². The molecule has 0 bridgehead atoms. The minimum atomic E-state index is -3.30. The molecule has 96 valence electrons. The number of nitrogens with one attached hydrogen (secondary N) is 1. The normalized spacial score (nSPS) is 11.5. The maximum absolute atomic E-state index is 11.7. The molecule has 1 aromatic carbocycles. The number of aliphatic hydroxyl groups is 1. The zero-order valence-corrected chi connectivity index (χ0v) is 12.6. The molecule has 1 aromatic rings. The zero-order valence-electron chi connectivity index (χ0n) is 9.61. The van der Waals surface area contributed by atoms with Gasteiger partial charge in [-0.1, -0.05) is 6.07 Å². The van der Waals surface area contributed by atoms with Crippen molar-refractivity contribution in [2.75, 3.05) is 17.1 Å². The maximum Gasteiger partial charge on any atom is 0.232 e. The molecule has 1 rings (SSSR count). The van der Waals surface area contributed by atoms with Crippen LogP contribution in [-0.4, -0.2) is 25.9 Å². The minimum absolute atomic E-state index is 0.0257. The lowest BCUT2D eigenvalue weighted by molar-refractivity contribution is 0.287. The molecule has 0 atom stereocenters. The molecule has 0 saturated heterocycles. The van der Waals surface area contributed by atoms with Crippen LogP contribution >= 0.6 is 22.6 Å². The highest BCUT2D eigenvalue weighted by atomic mass is 127. The van der Waals surface area contributed by atoms with Gasteiger partial charge in [-0.3, -0.25) is 4.72 Å². The van der Waals surface area contributed by atoms with Crippen LogP contribution in [0.15, 0.2) is 18.2 Å². The van der Waals surface area contributed by atoms with Crippen LogP contribution in [0, 0.1) is 10.5 Å². The number of hydrogen-bond donors (Lipinski definition) is 2. The second kappa shape index (κ2) is 6.55. The average molecular weight is 369 g/mol. The van der Waals surface area contributed by atoms with E-state index in [4.69, 9.17) is 5.11 Å². The van der Waals surface area contributed by atoms with E-state index in [9.17, 15) is 8.42 Å². The summed E-state index contributed by atoms with van der Waals surface area (Å²) >= 11 is 2.17. The van der Waals surface area contributed by atoms with Gasteiger partial charge in [-0.25, -0.2) is 8.42 Å². The standard InChI is InChI=1S/C11H16INO3S/c1-9-4-5-10(8-11(9)12)13-17(15,16)7-3-2-6-14/h4-5,8,13-14H,2-3,6-7H2,1H3. The van der Waals surface area contributed by atoms with Gasteiger partial charge in [0, 0.05) is 15.9 Å². The summed E-state index contributed by atoms with van der Waals surface area (Å²) in [4.78, 5) is 0. The van der Waals surface area contributed by atoms with E-state index in [1.54, 1.807) is 12.1 Å². The van der Waals surface area contributed by atoms with E-state index in [0.29, 0.717) is 18.5 Å². The molecule has 0 aliphatic rings. The number of aryl methyl sites for hydroxylation is 1. The van der Waals surface area contributed by atoms with E-state index in [1.165, 1.54) is 0 Å². The highest BCUT2D eigenvalue weighted by molar-refractivity contribution is 14.1. The summed E-state index contributed by atoms with van der Waals surface area (Å²) in [5, 5.41) is 8.60. The van der Waals surface area contributed by atoms with Crippen molar-refractivity contribution in [1.29, 1.82) is 0 Å². The number of rotatable bonds is 6. The zero-order chi connectivity index (χ0) is 12.9. The summed E-state index contributed by atoms with van der Waals surface area (Å²) in [5.41, 5.74) is 1.71. The van der Waals surface area contributed by atoms with E-state index >= 15 is 0 Å². The highest BCUT2D eigenvalue weighted by Crippen LogP contribution is 2.18. The number of aliphatic hydroxyl groups excluding tert-OH is 1. The first-order valence-corrected chi connectivity index (χ1v) is 8.05. The van der Waals surface area contributed by atoms with Gasteiger partial charge in [0.1, 0.15) is 0 Å². The topological polar surface area (TPSA) is 66.4 Å². The summed E-state index contributed by atoms with van der Waals surface area (Å²) in [5.74, 6) is 0.0397. The van der Waals surface area contributed by atoms with Crippen LogP contribution in [0.2, 0.25) is 0 Å². The lowest BCUT2D eigenvalue weighted by Gasteiger charge is -2.08. The Kier molecular flexibility index (Phi) is 5.68. The lowest BCUT2D eigenvalue weighted by atomic mass is 10.2. The Labute approximate surface area is 116 Å². The molecular weight excluding hydrogens is 353 g/mol. The van der Waals surface area contributed by atoms with E-state index in [1.807, 2.05) is 13.0 Å². The van der Waals surface area contributed by atoms with Crippen molar-refractivity contribution in [3.05, 3.63) is 27.3 Å². The van der Waals surface area contributed by atoms with E-state index < -0.39 is 10.0 Å². The van der Waals surface area contributed by atoms with Crippen LogP contribution in [0.1, 0.15) is 18.4 Å². The lowest BCUT2D eigenvalue weighted by Crippen LogP contribution is -2.17. The van der Waals surface area contributed by atoms with Gasteiger partial charge in [0.25, 0.3) is 0 Å². The van der Waals surface area contributed by atoms with Gasteiger partial charge in [0.05, 0.1) is 5.75 Å². The molecule has 0 spiro atoms. The van der Waals surface area contributed by atoms with Gasteiger partial charge in [-0.05, 0) is 60.1 Å². The molecule has 0 heterocycles. The van der Waals surface area contributed by atoms with Crippen LogP contribution in [0.25, 0.3) is 0 Å². The molecule has 6 heteroatoms. The van der Waals surface area contributed by atoms with Crippen molar-refractivity contribution >= 4 is 38.3 Å². The average Bonchev–Trinajstić information content (AvgIpc) is 2.23. The summed E-state index contributed by atoms with van der Waals surface area (Å²) in [6.07, 6.45) is 0.973. The fraction of sp³-hybridized carbons (Fsp3) is 0.455. The first-order chi connectivity index (χ1) is 7.94. The second-order valence-electron chi connectivity index (χ2n) is 3.82. The smallest absolute Gasteiger partial charge is 0.232 e. The molecule has 0 aromatic heterocycles. The third kappa shape index (κ3) is 5.22. The molecule has 0 saturated carbocycles. The van der Waals surface area contributed by atoms with Crippen LogP contribution in [0.5, 0.6) is 0 Å². The number of sulfonamides is 1. The molecule has 17 heavy (non-hydrogen) atoms. The summed E-state index contributed by atoms with van der Waals surface area (Å²) in [7, 11) is -3.30. The van der Waals surface area contributed by atoms with Gasteiger partial charge in [0.2, 0.25) is 10.0 Å². The fourth-order valence-corrected chi connectivity index (χ4v) is 2.98. The Morgan fingerprint density at radius 2 is 2.06 bits per heavy atom. The number of anilines is 1. The molecule has 0 aliphatic carbocycles. The Hall–Kier alpha value is -0.340. The van der Waals surface area contributed by atoms with E-state index in [-0.39, 0.29) is 12.4 Å². The van der Waals surface area contributed by atoms with E-state index in [0.717, 1.165) is 9.13 Å². The SMILES string of the molecule is Cc1ccc(NS(=O)(=O)CCCCO)cc1I. The van der Waals surface area contributed by atoms with Gasteiger partial charge < -0.3 is 5.11 Å². The first-order valence-electron chi connectivity index (χ1n) is 5.32. The molecular formula is C11H16INO3S. The Morgan fingerprint density at radius 3 is 2.65 bits per heavy atom. The molecule has 0 amide bonds. The van der Waals surface area contributed by atoms with Crippen LogP contribution in [0.4, 0.5) is 5.69 Å². The van der Waals surface area contributed by atoms with Crippen molar-refractivity contribution in [1.82, 2.24) is 0 Å². The molecule has 2 N–H and O–H groups in total. The van der Waals surface area contributed by atoms with Gasteiger partial charge in [0.15, 0.2) is 0 Å². The van der Waals surface area contributed by atoms with E-state index in [2.05, 4.69) is 27.3 Å². The van der Waals surface area contributed by atoms with Crippen molar-refractivity contribution in [2.24, 2.45) is 0 Å². The molecule has 4 nitrogen and oxygen atoms in total. The largest absolute Gasteiger partial charge is 0.396 e. The first kappa shape index (κ1) is 14.7. The third-order valence-corrected chi connectivity index (χ3v) is 4.80. The van der Waals surface area contributed by atoms with Crippen LogP contribution < -0.4 is 4.72 Å². The number of hydrogen-bond acceptors (Lipinski definition) is 3. The minimum Gasteiger partial charge on any atom is -0.396 e. The monoisotopic (exact) mass is 369 g/mol. The van der Waals surface area contributed by atoms with Gasteiger partial charge in [-0.2, -0.15) is 0 Å². The van der Waals surface area contributed by atoms with Crippen LogP contribution in [0.3, 0.4) is 0 Å². The summed E-state index contributed by atoms with van der Waals surface area (Å²) in [6, 6.07) is 5.44. The Bertz CT molecular complexity index is 474. The third-order valence-electron chi connectivity index (χ3n) is 2.27. The van der Waals surface area contributed by atoms with Crippen molar-refractivity contribution in [3.63, 3.8) is 0 Å². The van der Waals surface area contributed by atoms with Gasteiger partial charge >= 0.3 is 0 Å². The molecule has 0 radical (unpaired) electrons. The number of unbranched alkanes of at least 4 members (excludes halogenated alkanes) is 1. The molecule has 0 aliphatic heterocycles. The van der Waals surface area contributed by atoms with Crippen molar-refractivity contribution < 1.29 is 13.5 Å². The number of halogens is 1. The molecule has 0 fully saturated rings. The van der Waals surface area contributed by atoms with Crippen LogP contribution in [-0.2, 0) is 10.0 Å². The quantitative estimate of drug-likeness (QED) is 0.596. The molecule has 0 unspecified atom stereocenters. The predicted molar refractivity (Wildman–Crippen MR) is 77.6 cm³/mol. The predicted octanol–water partition coefficient (Wildman–Crippen LogP) is 2.11. The number of benzene rings is 1. The van der Waals surface area contributed by atoms with Crippen molar-refractivity contribution in [2.45, 2.75) is 19.8 Å². The second-order valence-corrected chi connectivity index (χ2v) is 6.82. The van der Waals surface area contributed by atoms with Crippen molar-refractivity contribution in [3.8, 4) is 0 Å². The fourth-order valence-electron chi connectivity index (χ4n) is 1.29. The maximum atomic E-state index is 11.7. The highest BCUT2D eigenvalue weighted by Gasteiger charge is 2.10. The Morgan fingerprint density at radius 1 is 1.35 bits per heavy atom. The summed E-state index contributed by atoms with van der Waals surface area (Å²) in [6.45, 7) is 2.00.